The Morgan fingerprint density at radius 3 is 2.66 bits per heavy atom. The van der Waals surface area contributed by atoms with Gasteiger partial charge in [0.2, 0.25) is 0 Å². The summed E-state index contributed by atoms with van der Waals surface area (Å²) in [6.07, 6.45) is 9.62. The first-order valence-electron chi connectivity index (χ1n) is 10.2. The average molecular weight is 567 g/mol. The lowest BCUT2D eigenvalue weighted by molar-refractivity contribution is 0.343. The lowest BCUT2D eigenvalue weighted by atomic mass is 10.0. The van der Waals surface area contributed by atoms with Crippen LogP contribution in [-0.2, 0) is 0 Å². The van der Waals surface area contributed by atoms with Crippen molar-refractivity contribution in [2.45, 2.75) is 18.9 Å². The molecule has 6 nitrogen and oxygen atoms in total. The van der Waals surface area contributed by atoms with Crippen LogP contribution < -0.4 is 10.1 Å². The molecule has 0 spiro atoms. The Labute approximate surface area is 200 Å². The summed E-state index contributed by atoms with van der Waals surface area (Å²) < 4.78 is 37.7. The number of hydrogen-bond donors (Lipinski definition) is 1. The van der Waals surface area contributed by atoms with Crippen LogP contribution in [0.4, 0.5) is 8.78 Å². The molecule has 0 amide bonds. The number of nitrogens with one attached hydrogen (secondary N) is 1. The normalized spacial score (nSPS) is 14.9. The first kappa shape index (κ1) is 21.7. The molecule has 166 valence electrons. The highest BCUT2D eigenvalue weighted by Gasteiger charge is 2.21. The van der Waals surface area contributed by atoms with Crippen molar-refractivity contribution in [3.63, 3.8) is 0 Å². The van der Waals surface area contributed by atoms with Gasteiger partial charge in [-0.2, -0.15) is 5.10 Å². The van der Waals surface area contributed by atoms with Crippen molar-refractivity contribution in [3.05, 3.63) is 54.6 Å². The molecule has 0 unspecified atom stereocenters. The Morgan fingerprint density at radius 2 is 1.91 bits per heavy atom. The van der Waals surface area contributed by atoms with Crippen LogP contribution in [0.2, 0.25) is 0 Å². The number of ether oxygens (including phenoxy) is 1. The maximum absolute atomic E-state index is 14.4. The van der Waals surface area contributed by atoms with E-state index in [-0.39, 0.29) is 5.75 Å². The minimum atomic E-state index is -0.738. The molecule has 0 aliphatic carbocycles. The molecule has 0 bridgehead atoms. The molecule has 1 fully saturated rings. The van der Waals surface area contributed by atoms with Crippen LogP contribution in [0.25, 0.3) is 33.3 Å². The molecule has 10 heteroatoms. The van der Waals surface area contributed by atoms with Crippen LogP contribution in [0.15, 0.2) is 43.0 Å². The number of fused-ring (bicyclic) bond motifs is 1. The smallest absolute Gasteiger partial charge is 0.168 e. The van der Waals surface area contributed by atoms with Gasteiger partial charge in [0.1, 0.15) is 5.82 Å². The fourth-order valence-electron chi connectivity index (χ4n) is 4.23. The quantitative estimate of drug-likeness (QED) is 0.317. The summed E-state index contributed by atoms with van der Waals surface area (Å²) in [6.45, 7) is 1.98. The molecule has 32 heavy (non-hydrogen) atoms. The van der Waals surface area contributed by atoms with Gasteiger partial charge in [0.15, 0.2) is 17.2 Å². The summed E-state index contributed by atoms with van der Waals surface area (Å²) >= 11 is 2.16. The Bertz CT molecular complexity index is 1290. The van der Waals surface area contributed by atoms with Gasteiger partial charge in [-0.25, -0.2) is 13.8 Å². The molecule has 1 saturated heterocycles. The Kier molecular flexibility index (Phi) is 6.08. The van der Waals surface area contributed by atoms with Crippen molar-refractivity contribution in [2.75, 3.05) is 20.2 Å². The zero-order valence-corrected chi connectivity index (χ0v) is 20.2. The molecular formula is C22H20F2IN5OS. The first-order valence-corrected chi connectivity index (χ1v) is 13.5. The van der Waals surface area contributed by atoms with E-state index < -0.39 is 11.6 Å². The maximum Gasteiger partial charge on any atom is 0.168 e. The fourth-order valence-corrected chi connectivity index (χ4v) is 5.49. The van der Waals surface area contributed by atoms with E-state index in [2.05, 4.69) is 36.6 Å². The molecule has 3 aromatic heterocycles. The number of aromatic nitrogens is 4. The average Bonchev–Trinajstić information content (AvgIpc) is 3.44. The second-order valence-electron chi connectivity index (χ2n) is 7.69. The highest BCUT2D eigenvalue weighted by molar-refractivity contribution is 14.2. The van der Waals surface area contributed by atoms with Crippen LogP contribution in [0.5, 0.6) is 5.75 Å². The number of benzene rings is 1. The first-order chi connectivity index (χ1) is 15.6. The summed E-state index contributed by atoms with van der Waals surface area (Å²) in [6, 6.07) is 4.49. The molecule has 1 aromatic carbocycles. The van der Waals surface area contributed by atoms with Gasteiger partial charge in [-0.1, -0.05) is 0 Å². The van der Waals surface area contributed by atoms with E-state index in [0.717, 1.165) is 48.5 Å². The van der Waals surface area contributed by atoms with Crippen molar-refractivity contribution in [2.24, 2.45) is 0 Å². The molecule has 1 aliphatic heterocycles. The zero-order valence-electron chi connectivity index (χ0n) is 17.2. The van der Waals surface area contributed by atoms with Gasteiger partial charge in [0.05, 0.1) is 19.3 Å². The Balaban J connectivity index is 1.63. The van der Waals surface area contributed by atoms with Crippen LogP contribution >= 0.6 is 30.3 Å². The highest BCUT2D eigenvalue weighted by atomic mass is 127. The van der Waals surface area contributed by atoms with Crippen molar-refractivity contribution < 1.29 is 13.5 Å². The van der Waals surface area contributed by atoms with E-state index in [1.165, 1.54) is 22.3 Å². The maximum atomic E-state index is 14.4. The van der Waals surface area contributed by atoms with E-state index >= 15 is 0 Å². The van der Waals surface area contributed by atoms with Crippen LogP contribution in [0, 0.1) is 11.6 Å². The molecule has 0 atom stereocenters. The predicted molar refractivity (Wildman–Crippen MR) is 131 cm³/mol. The molecule has 1 aliphatic rings. The fraction of sp³-hybridized carbons (Fsp3) is 0.273. The zero-order chi connectivity index (χ0) is 22.2. The van der Waals surface area contributed by atoms with E-state index in [9.17, 15) is 8.78 Å². The second kappa shape index (κ2) is 8.99. The number of halogens is 3. The van der Waals surface area contributed by atoms with Gasteiger partial charge in [0.25, 0.3) is 0 Å². The van der Waals surface area contributed by atoms with E-state index in [0.29, 0.717) is 22.8 Å². The third-order valence-electron chi connectivity index (χ3n) is 5.81. The van der Waals surface area contributed by atoms with Gasteiger partial charge in [-0.3, -0.25) is 8.65 Å². The second-order valence-corrected chi connectivity index (χ2v) is 9.40. The minimum Gasteiger partial charge on any atom is -0.493 e. The third-order valence-corrected chi connectivity index (χ3v) is 7.51. The predicted octanol–water partition coefficient (Wildman–Crippen LogP) is 5.62. The lowest BCUT2D eigenvalue weighted by Crippen LogP contribution is -2.29. The molecule has 0 radical (unpaired) electrons. The Morgan fingerprint density at radius 1 is 1.09 bits per heavy atom. The molecule has 4 heterocycles. The van der Waals surface area contributed by atoms with E-state index in [1.807, 2.05) is 39.5 Å². The van der Waals surface area contributed by atoms with Crippen molar-refractivity contribution in [1.29, 1.82) is 0 Å². The summed E-state index contributed by atoms with van der Waals surface area (Å²) in [5.74, 6) is -1.39. The largest absolute Gasteiger partial charge is 0.493 e. The summed E-state index contributed by atoms with van der Waals surface area (Å²) in [4.78, 5) is 4.66. The van der Waals surface area contributed by atoms with Crippen molar-refractivity contribution in [3.8, 4) is 28.0 Å². The standard InChI is InChI=1S/C22H20F2IN5OS/c1-31-21-17(7-15(23)8-20(21)24)19-12-30(32-25)22-18(19)6-13(9-27-22)14-10-28-29(11-14)16-2-4-26-5-3-16/h6-12,16,26H,2-5H2,1H3. The SMILES string of the molecule is COc1c(F)cc(F)cc1-c1cn(SI)c2ncc(-c3cnn(C4CCNCC4)c3)cc12. The number of nitrogens with zero attached hydrogens (tertiary/aromatic N) is 4. The molecule has 5 rings (SSSR count). The topological polar surface area (TPSA) is 56.9 Å². The van der Waals surface area contributed by atoms with Crippen LogP contribution in [0.3, 0.4) is 0 Å². The summed E-state index contributed by atoms with van der Waals surface area (Å²) in [5.41, 5.74) is 3.56. The number of pyridine rings is 1. The number of rotatable bonds is 5. The minimum absolute atomic E-state index is 0.00744. The number of piperidine rings is 1. The van der Waals surface area contributed by atoms with Gasteiger partial charge in [0, 0.05) is 82.6 Å². The molecular weight excluding hydrogens is 547 g/mol. The number of hydrogen-bond acceptors (Lipinski definition) is 5. The summed E-state index contributed by atoms with van der Waals surface area (Å²) in [5, 5.41) is 8.73. The molecule has 1 N–H and O–H groups in total. The van der Waals surface area contributed by atoms with E-state index in [1.54, 1.807) is 0 Å². The van der Waals surface area contributed by atoms with Gasteiger partial charge < -0.3 is 10.1 Å². The monoisotopic (exact) mass is 567 g/mol. The summed E-state index contributed by atoms with van der Waals surface area (Å²) in [7, 11) is 2.81. The molecule has 4 aromatic rings. The lowest BCUT2D eigenvalue weighted by Gasteiger charge is -2.22. The van der Waals surface area contributed by atoms with Crippen molar-refractivity contribution in [1.82, 2.24) is 24.1 Å². The molecule has 0 saturated carbocycles. The van der Waals surface area contributed by atoms with Gasteiger partial charge in [-0.15, -0.1) is 0 Å². The van der Waals surface area contributed by atoms with Crippen LogP contribution in [-0.4, -0.2) is 38.9 Å². The number of methoxy groups -OCH3 is 1. The Hall–Kier alpha value is -2.18. The van der Waals surface area contributed by atoms with Crippen LogP contribution in [0.1, 0.15) is 18.9 Å². The van der Waals surface area contributed by atoms with Gasteiger partial charge >= 0.3 is 0 Å². The third kappa shape index (κ3) is 3.88. The highest BCUT2D eigenvalue weighted by Crippen LogP contribution is 2.41. The van der Waals surface area contributed by atoms with E-state index in [4.69, 9.17) is 4.74 Å². The van der Waals surface area contributed by atoms with Gasteiger partial charge in [-0.05, 0) is 38.1 Å². The van der Waals surface area contributed by atoms with Crippen molar-refractivity contribution >= 4 is 41.4 Å².